The van der Waals surface area contributed by atoms with Crippen molar-refractivity contribution in [3.63, 3.8) is 0 Å². The minimum absolute atomic E-state index is 0.159. The van der Waals surface area contributed by atoms with Crippen LogP contribution in [0.25, 0.3) is 0 Å². The zero-order chi connectivity index (χ0) is 14.9. The molecule has 3 heteroatoms. The lowest BCUT2D eigenvalue weighted by molar-refractivity contribution is 0.265. The van der Waals surface area contributed by atoms with E-state index in [-0.39, 0.29) is 12.6 Å². The highest BCUT2D eigenvalue weighted by Gasteiger charge is 2.10. The van der Waals surface area contributed by atoms with Gasteiger partial charge in [-0.05, 0) is 36.6 Å². The molecule has 0 aliphatic heterocycles. The van der Waals surface area contributed by atoms with E-state index in [0.717, 1.165) is 12.3 Å². The van der Waals surface area contributed by atoms with Crippen LogP contribution in [0.2, 0.25) is 0 Å². The molecule has 1 atom stereocenters. The predicted molar refractivity (Wildman–Crippen MR) is 85.3 cm³/mol. The Balaban J connectivity index is 2.00. The van der Waals surface area contributed by atoms with Gasteiger partial charge in [0.2, 0.25) is 0 Å². The van der Waals surface area contributed by atoms with E-state index in [1.807, 2.05) is 37.3 Å². The first-order valence-corrected chi connectivity index (χ1v) is 7.44. The summed E-state index contributed by atoms with van der Waals surface area (Å²) in [5.41, 5.74) is 2.38. The van der Waals surface area contributed by atoms with Crippen molar-refractivity contribution >= 4 is 0 Å². The van der Waals surface area contributed by atoms with Crippen LogP contribution in [0.3, 0.4) is 0 Å². The fourth-order valence-electron chi connectivity index (χ4n) is 2.35. The SMILES string of the molecule is CCOc1cccc(CN[C@H](CCO)c2ccccc2)c1. The van der Waals surface area contributed by atoms with Crippen LogP contribution in [0.15, 0.2) is 54.6 Å². The molecule has 2 aromatic carbocycles. The number of hydrogen-bond acceptors (Lipinski definition) is 3. The molecular formula is C18H23NO2. The van der Waals surface area contributed by atoms with Gasteiger partial charge in [-0.15, -0.1) is 0 Å². The molecule has 2 aromatic rings. The van der Waals surface area contributed by atoms with Gasteiger partial charge >= 0.3 is 0 Å². The Morgan fingerprint density at radius 2 is 1.90 bits per heavy atom. The molecule has 0 heterocycles. The number of ether oxygens (including phenoxy) is 1. The zero-order valence-electron chi connectivity index (χ0n) is 12.5. The van der Waals surface area contributed by atoms with Gasteiger partial charge in [-0.25, -0.2) is 0 Å². The molecule has 0 aliphatic carbocycles. The van der Waals surface area contributed by atoms with Crippen molar-refractivity contribution in [2.75, 3.05) is 13.2 Å². The van der Waals surface area contributed by atoms with Crippen LogP contribution in [-0.2, 0) is 6.54 Å². The number of aliphatic hydroxyl groups excluding tert-OH is 1. The van der Waals surface area contributed by atoms with Gasteiger partial charge in [0.15, 0.2) is 0 Å². The Morgan fingerprint density at radius 1 is 1.10 bits per heavy atom. The maximum absolute atomic E-state index is 9.25. The van der Waals surface area contributed by atoms with E-state index in [1.54, 1.807) is 0 Å². The Kier molecular flexibility index (Phi) is 6.25. The molecule has 21 heavy (non-hydrogen) atoms. The molecule has 0 saturated carbocycles. The third kappa shape index (κ3) is 4.88. The fraction of sp³-hybridized carbons (Fsp3) is 0.333. The van der Waals surface area contributed by atoms with Crippen LogP contribution < -0.4 is 10.1 Å². The lowest BCUT2D eigenvalue weighted by Gasteiger charge is -2.18. The maximum Gasteiger partial charge on any atom is 0.119 e. The van der Waals surface area contributed by atoms with Crippen molar-refractivity contribution in [1.29, 1.82) is 0 Å². The summed E-state index contributed by atoms with van der Waals surface area (Å²) in [6, 6.07) is 18.5. The predicted octanol–water partition coefficient (Wildman–Crippen LogP) is 3.30. The Bertz CT molecular complexity index is 528. The van der Waals surface area contributed by atoms with Gasteiger partial charge in [-0.3, -0.25) is 0 Å². The lowest BCUT2D eigenvalue weighted by Crippen LogP contribution is -2.22. The van der Waals surface area contributed by atoms with Crippen molar-refractivity contribution in [2.45, 2.75) is 25.9 Å². The van der Waals surface area contributed by atoms with E-state index in [9.17, 15) is 5.11 Å². The molecule has 0 saturated heterocycles. The van der Waals surface area contributed by atoms with Crippen LogP contribution in [-0.4, -0.2) is 18.3 Å². The minimum Gasteiger partial charge on any atom is -0.494 e. The van der Waals surface area contributed by atoms with Crippen molar-refractivity contribution in [2.24, 2.45) is 0 Å². The second kappa shape index (κ2) is 8.45. The molecule has 0 bridgehead atoms. The first-order chi connectivity index (χ1) is 10.3. The smallest absolute Gasteiger partial charge is 0.119 e. The van der Waals surface area contributed by atoms with Gasteiger partial charge in [0, 0.05) is 19.2 Å². The van der Waals surface area contributed by atoms with Crippen molar-refractivity contribution in [3.8, 4) is 5.75 Å². The second-order valence-electron chi connectivity index (χ2n) is 4.94. The summed E-state index contributed by atoms with van der Waals surface area (Å²) in [6.07, 6.45) is 0.704. The van der Waals surface area contributed by atoms with Gasteiger partial charge in [0.25, 0.3) is 0 Å². The topological polar surface area (TPSA) is 41.5 Å². The quantitative estimate of drug-likeness (QED) is 0.782. The lowest BCUT2D eigenvalue weighted by atomic mass is 10.0. The Morgan fingerprint density at radius 3 is 2.62 bits per heavy atom. The highest BCUT2D eigenvalue weighted by Crippen LogP contribution is 2.18. The molecule has 2 N–H and O–H groups in total. The monoisotopic (exact) mass is 285 g/mol. The minimum atomic E-state index is 0.159. The van der Waals surface area contributed by atoms with Crippen LogP contribution in [0.5, 0.6) is 5.75 Å². The molecule has 112 valence electrons. The summed E-state index contributed by atoms with van der Waals surface area (Å²) in [5.74, 6) is 0.898. The molecule has 0 radical (unpaired) electrons. The number of nitrogens with one attached hydrogen (secondary N) is 1. The molecule has 0 aliphatic rings. The van der Waals surface area contributed by atoms with Crippen molar-refractivity contribution < 1.29 is 9.84 Å². The molecular weight excluding hydrogens is 262 g/mol. The van der Waals surface area contributed by atoms with E-state index >= 15 is 0 Å². The molecule has 2 rings (SSSR count). The number of rotatable bonds is 8. The highest BCUT2D eigenvalue weighted by molar-refractivity contribution is 5.28. The second-order valence-corrected chi connectivity index (χ2v) is 4.94. The molecule has 0 unspecified atom stereocenters. The van der Waals surface area contributed by atoms with Gasteiger partial charge in [-0.2, -0.15) is 0 Å². The first kappa shape index (κ1) is 15.5. The third-order valence-electron chi connectivity index (χ3n) is 3.38. The van der Waals surface area contributed by atoms with Gasteiger partial charge in [0.1, 0.15) is 5.75 Å². The summed E-state index contributed by atoms with van der Waals surface area (Å²) in [7, 11) is 0. The standard InChI is InChI=1S/C18H23NO2/c1-2-21-17-10-6-7-15(13-17)14-19-18(11-12-20)16-8-4-3-5-9-16/h3-10,13,18-20H,2,11-12,14H2,1H3/t18-/m1/s1. The molecule has 3 nitrogen and oxygen atoms in total. The van der Waals surface area contributed by atoms with E-state index in [2.05, 4.69) is 29.6 Å². The summed E-state index contributed by atoms with van der Waals surface area (Å²) < 4.78 is 5.52. The average molecular weight is 285 g/mol. The Hall–Kier alpha value is -1.84. The molecule has 0 fully saturated rings. The van der Waals surface area contributed by atoms with Crippen LogP contribution in [0, 0.1) is 0 Å². The first-order valence-electron chi connectivity index (χ1n) is 7.44. The van der Waals surface area contributed by atoms with Crippen LogP contribution in [0.4, 0.5) is 0 Å². The highest BCUT2D eigenvalue weighted by atomic mass is 16.5. The largest absolute Gasteiger partial charge is 0.494 e. The Labute approximate surface area is 126 Å². The summed E-state index contributed by atoms with van der Waals surface area (Å²) in [4.78, 5) is 0. The summed E-state index contributed by atoms with van der Waals surface area (Å²) in [6.45, 7) is 3.58. The van der Waals surface area contributed by atoms with Gasteiger partial charge in [-0.1, -0.05) is 42.5 Å². The number of benzene rings is 2. The normalized spacial score (nSPS) is 12.1. The average Bonchev–Trinajstić information content (AvgIpc) is 2.53. The third-order valence-corrected chi connectivity index (χ3v) is 3.38. The van der Waals surface area contributed by atoms with E-state index in [1.165, 1.54) is 11.1 Å². The van der Waals surface area contributed by atoms with Crippen LogP contribution >= 0.6 is 0 Å². The van der Waals surface area contributed by atoms with Gasteiger partial charge < -0.3 is 15.2 Å². The molecule has 0 spiro atoms. The number of hydrogen-bond donors (Lipinski definition) is 2. The van der Waals surface area contributed by atoms with E-state index in [0.29, 0.717) is 13.0 Å². The summed E-state index contributed by atoms with van der Waals surface area (Å²) >= 11 is 0. The van der Waals surface area contributed by atoms with Gasteiger partial charge in [0.05, 0.1) is 6.61 Å². The van der Waals surface area contributed by atoms with Crippen molar-refractivity contribution in [1.82, 2.24) is 5.32 Å². The maximum atomic E-state index is 9.25. The van der Waals surface area contributed by atoms with Crippen LogP contribution in [0.1, 0.15) is 30.5 Å². The van der Waals surface area contributed by atoms with Crippen molar-refractivity contribution in [3.05, 3.63) is 65.7 Å². The zero-order valence-corrected chi connectivity index (χ0v) is 12.5. The fourth-order valence-corrected chi connectivity index (χ4v) is 2.35. The molecule has 0 amide bonds. The number of aliphatic hydroxyl groups is 1. The summed E-state index contributed by atoms with van der Waals surface area (Å²) in [5, 5.41) is 12.8. The van der Waals surface area contributed by atoms with E-state index in [4.69, 9.17) is 4.74 Å². The molecule has 0 aromatic heterocycles. The van der Waals surface area contributed by atoms with E-state index < -0.39 is 0 Å².